The van der Waals surface area contributed by atoms with Crippen molar-refractivity contribution < 1.29 is 9.53 Å². The van der Waals surface area contributed by atoms with E-state index in [0.29, 0.717) is 26.1 Å². The van der Waals surface area contributed by atoms with Gasteiger partial charge in [0.15, 0.2) is 0 Å². The molecular formula is C29H25N3O2S. The van der Waals surface area contributed by atoms with E-state index in [1.54, 1.807) is 11.8 Å². The number of nitrogens with two attached hydrogens (primary N) is 1. The van der Waals surface area contributed by atoms with Crippen molar-refractivity contribution in [2.75, 3.05) is 13.2 Å². The number of benzene rings is 3. The van der Waals surface area contributed by atoms with E-state index in [1.165, 1.54) is 16.5 Å². The molecule has 0 aliphatic carbocycles. The van der Waals surface area contributed by atoms with Gasteiger partial charge in [-0.2, -0.15) is 0 Å². The largest absolute Gasteiger partial charge is 0.381 e. The first kappa shape index (κ1) is 21.9. The lowest BCUT2D eigenvalue weighted by Crippen LogP contribution is -2.45. The Morgan fingerprint density at radius 1 is 0.943 bits per heavy atom. The Bertz CT molecular complexity index is 1540. The van der Waals surface area contributed by atoms with Crippen LogP contribution in [-0.2, 0) is 14.9 Å². The standard InChI is InChI=1S/C29H25N3O2S/c30-28(33)29(11-15-34-16-12-29)21-7-4-8-22(17-21)35-23-9-10-24-25(20-5-2-1-3-6-20)19-27-31-13-14-32(27)26(24)18-23/h1-10,13-14,17-19H,11-12,15-16H2,(H2,30,33). The molecule has 0 unspecified atom stereocenters. The third-order valence-electron chi connectivity index (χ3n) is 6.99. The summed E-state index contributed by atoms with van der Waals surface area (Å²) >= 11 is 1.69. The second-order valence-corrected chi connectivity index (χ2v) is 10.1. The lowest BCUT2D eigenvalue weighted by atomic mass is 9.73. The van der Waals surface area contributed by atoms with Crippen molar-refractivity contribution in [2.45, 2.75) is 28.0 Å². The fraction of sp³-hybridized carbons (Fsp3) is 0.172. The highest BCUT2D eigenvalue weighted by atomic mass is 32.2. The molecule has 35 heavy (non-hydrogen) atoms. The minimum absolute atomic E-state index is 0.274. The second kappa shape index (κ2) is 8.87. The Labute approximate surface area is 207 Å². The molecule has 2 aromatic heterocycles. The first-order chi connectivity index (χ1) is 17.1. The van der Waals surface area contributed by atoms with Gasteiger partial charge >= 0.3 is 0 Å². The second-order valence-electron chi connectivity index (χ2n) is 8.95. The van der Waals surface area contributed by atoms with E-state index in [1.807, 2.05) is 30.6 Å². The molecule has 1 fully saturated rings. The normalized spacial score (nSPS) is 15.4. The average Bonchev–Trinajstić information content (AvgIpc) is 3.38. The van der Waals surface area contributed by atoms with Crippen molar-refractivity contribution in [1.82, 2.24) is 9.38 Å². The molecular weight excluding hydrogens is 454 g/mol. The van der Waals surface area contributed by atoms with E-state index in [-0.39, 0.29) is 5.91 Å². The molecule has 0 radical (unpaired) electrons. The van der Waals surface area contributed by atoms with Crippen LogP contribution in [0, 0.1) is 0 Å². The van der Waals surface area contributed by atoms with Gasteiger partial charge in [-0.25, -0.2) is 4.98 Å². The Balaban J connectivity index is 1.41. The van der Waals surface area contributed by atoms with Crippen molar-refractivity contribution in [1.29, 1.82) is 0 Å². The predicted molar refractivity (Wildman–Crippen MR) is 140 cm³/mol. The SMILES string of the molecule is NC(=O)C1(c2cccc(Sc3ccc4c(-c5ccccc5)cc5nccn5c4c3)c2)CCOCC1. The molecule has 0 bridgehead atoms. The van der Waals surface area contributed by atoms with Crippen molar-refractivity contribution in [2.24, 2.45) is 5.73 Å². The number of carbonyl (C=O) groups excluding carboxylic acids is 1. The summed E-state index contributed by atoms with van der Waals surface area (Å²) in [6, 6.07) is 27.3. The molecule has 3 aromatic carbocycles. The van der Waals surface area contributed by atoms with Crippen molar-refractivity contribution in [3.8, 4) is 11.1 Å². The van der Waals surface area contributed by atoms with Gasteiger partial charge in [0.1, 0.15) is 5.65 Å². The summed E-state index contributed by atoms with van der Waals surface area (Å²) in [5.41, 5.74) is 10.6. The van der Waals surface area contributed by atoms with Crippen LogP contribution in [0.25, 0.3) is 27.7 Å². The van der Waals surface area contributed by atoms with Gasteiger partial charge in [-0.15, -0.1) is 0 Å². The minimum atomic E-state index is -0.661. The van der Waals surface area contributed by atoms with Crippen LogP contribution in [0.1, 0.15) is 18.4 Å². The lowest BCUT2D eigenvalue weighted by molar-refractivity contribution is -0.127. The topological polar surface area (TPSA) is 69.6 Å². The van der Waals surface area contributed by atoms with Crippen LogP contribution >= 0.6 is 11.8 Å². The Hall–Kier alpha value is -3.61. The summed E-state index contributed by atoms with van der Waals surface area (Å²) in [7, 11) is 0. The number of carbonyl (C=O) groups is 1. The zero-order valence-electron chi connectivity index (χ0n) is 19.2. The highest BCUT2D eigenvalue weighted by Crippen LogP contribution is 2.39. The smallest absolute Gasteiger partial charge is 0.228 e. The fourth-order valence-electron chi connectivity index (χ4n) is 5.08. The van der Waals surface area contributed by atoms with Gasteiger partial charge in [-0.3, -0.25) is 9.20 Å². The molecule has 174 valence electrons. The Kier molecular flexibility index (Phi) is 5.55. The number of ether oxygens (including phenoxy) is 1. The van der Waals surface area contributed by atoms with E-state index >= 15 is 0 Å². The number of pyridine rings is 1. The summed E-state index contributed by atoms with van der Waals surface area (Å²) in [4.78, 5) is 19.2. The number of imidazole rings is 1. The number of hydrogen-bond acceptors (Lipinski definition) is 4. The molecule has 0 saturated carbocycles. The molecule has 5 aromatic rings. The summed E-state index contributed by atoms with van der Waals surface area (Å²) in [6.45, 7) is 1.10. The van der Waals surface area contributed by atoms with Gasteiger partial charge < -0.3 is 10.5 Å². The molecule has 0 atom stereocenters. The molecule has 1 aliphatic rings. The first-order valence-electron chi connectivity index (χ1n) is 11.8. The summed E-state index contributed by atoms with van der Waals surface area (Å²) in [5, 5.41) is 1.18. The maximum atomic E-state index is 12.5. The fourth-order valence-corrected chi connectivity index (χ4v) is 5.99. The number of amides is 1. The maximum absolute atomic E-state index is 12.5. The molecule has 2 N–H and O–H groups in total. The Morgan fingerprint density at radius 3 is 2.54 bits per heavy atom. The summed E-state index contributed by atoms with van der Waals surface area (Å²) in [6.07, 6.45) is 5.08. The van der Waals surface area contributed by atoms with Gasteiger partial charge in [-0.1, -0.05) is 60.3 Å². The van der Waals surface area contributed by atoms with Crippen LogP contribution in [0.15, 0.2) is 101 Å². The minimum Gasteiger partial charge on any atom is -0.381 e. The van der Waals surface area contributed by atoms with Crippen LogP contribution < -0.4 is 5.73 Å². The number of aromatic nitrogens is 2. The summed E-state index contributed by atoms with van der Waals surface area (Å²) in [5.74, 6) is -0.274. The van der Waals surface area contributed by atoms with Crippen LogP contribution in [0.3, 0.4) is 0 Å². The number of hydrogen-bond donors (Lipinski definition) is 1. The first-order valence-corrected chi connectivity index (χ1v) is 12.6. The predicted octanol–water partition coefficient (Wildman–Crippen LogP) is 5.84. The zero-order chi connectivity index (χ0) is 23.8. The number of nitrogens with zero attached hydrogens (tertiary/aromatic N) is 2. The molecule has 1 amide bonds. The van der Waals surface area contributed by atoms with E-state index < -0.39 is 5.41 Å². The van der Waals surface area contributed by atoms with Crippen molar-refractivity contribution in [3.63, 3.8) is 0 Å². The van der Waals surface area contributed by atoms with Crippen LogP contribution in [0.2, 0.25) is 0 Å². The van der Waals surface area contributed by atoms with Gasteiger partial charge in [-0.05, 0) is 59.9 Å². The van der Waals surface area contributed by atoms with Crippen LogP contribution in [-0.4, -0.2) is 28.5 Å². The average molecular weight is 480 g/mol. The zero-order valence-corrected chi connectivity index (χ0v) is 20.0. The molecule has 6 rings (SSSR count). The molecule has 1 aliphatic heterocycles. The molecule has 5 nitrogen and oxygen atoms in total. The third-order valence-corrected chi connectivity index (χ3v) is 7.97. The van der Waals surface area contributed by atoms with Gasteiger partial charge in [0, 0.05) is 40.8 Å². The molecule has 3 heterocycles. The summed E-state index contributed by atoms with van der Waals surface area (Å²) < 4.78 is 7.64. The third kappa shape index (κ3) is 3.89. The molecule has 0 spiro atoms. The van der Waals surface area contributed by atoms with Gasteiger partial charge in [0.05, 0.1) is 10.9 Å². The van der Waals surface area contributed by atoms with Gasteiger partial charge in [0.2, 0.25) is 5.91 Å². The van der Waals surface area contributed by atoms with Gasteiger partial charge in [0.25, 0.3) is 0 Å². The van der Waals surface area contributed by atoms with E-state index in [9.17, 15) is 4.79 Å². The number of rotatable bonds is 5. The van der Waals surface area contributed by atoms with Crippen LogP contribution in [0.4, 0.5) is 0 Å². The highest BCUT2D eigenvalue weighted by Gasteiger charge is 2.40. The highest BCUT2D eigenvalue weighted by molar-refractivity contribution is 7.99. The molecule has 1 saturated heterocycles. The lowest BCUT2D eigenvalue weighted by Gasteiger charge is -2.34. The van der Waals surface area contributed by atoms with E-state index in [2.05, 4.69) is 70.0 Å². The van der Waals surface area contributed by atoms with Crippen molar-refractivity contribution in [3.05, 3.63) is 96.8 Å². The van der Waals surface area contributed by atoms with Crippen molar-refractivity contribution >= 4 is 34.2 Å². The van der Waals surface area contributed by atoms with Crippen LogP contribution in [0.5, 0.6) is 0 Å². The van der Waals surface area contributed by atoms with E-state index in [0.717, 1.165) is 26.5 Å². The quantitative estimate of drug-likeness (QED) is 0.344. The number of primary amides is 1. The number of fused-ring (bicyclic) bond motifs is 3. The maximum Gasteiger partial charge on any atom is 0.228 e. The van der Waals surface area contributed by atoms with E-state index in [4.69, 9.17) is 10.5 Å². The molecule has 6 heteroatoms. The monoisotopic (exact) mass is 479 g/mol. The Morgan fingerprint density at radius 2 is 1.74 bits per heavy atom.